The molecule has 4 nitrogen and oxygen atoms in total. The Kier molecular flexibility index (Phi) is 4.42. The summed E-state index contributed by atoms with van der Waals surface area (Å²) in [5, 5.41) is 2.82. The van der Waals surface area contributed by atoms with Crippen molar-refractivity contribution in [3.8, 4) is 0 Å². The monoisotopic (exact) mass is 273 g/mol. The van der Waals surface area contributed by atoms with Crippen molar-refractivity contribution in [3.05, 3.63) is 65.2 Å². The molecule has 5 heteroatoms. The smallest absolute Gasteiger partial charge is 0.251 e. The molecule has 0 bridgehead atoms. The molecule has 0 aliphatic rings. The fraction of sp³-hybridized carbons (Fsp3) is 0.200. The topological polar surface area (TPSA) is 68.0 Å². The molecule has 20 heavy (non-hydrogen) atoms. The number of hydrogen-bond donors (Lipinski definition) is 2. The number of benzene rings is 1. The number of nitrogens with one attached hydrogen (secondary N) is 1. The largest absolute Gasteiger partial charge is 0.346 e. The lowest BCUT2D eigenvalue weighted by molar-refractivity contribution is 0.0939. The highest BCUT2D eigenvalue weighted by Crippen LogP contribution is 2.14. The molecule has 2 rings (SSSR count). The maximum atomic E-state index is 13.2. The van der Waals surface area contributed by atoms with E-state index in [0.29, 0.717) is 16.8 Å². The summed E-state index contributed by atoms with van der Waals surface area (Å²) in [4.78, 5) is 16.1. The van der Waals surface area contributed by atoms with Gasteiger partial charge < -0.3 is 11.1 Å². The maximum Gasteiger partial charge on any atom is 0.251 e. The molecule has 0 radical (unpaired) electrons. The zero-order valence-electron chi connectivity index (χ0n) is 11.1. The summed E-state index contributed by atoms with van der Waals surface area (Å²) in [6.07, 6.45) is 1.55. The number of pyridine rings is 1. The summed E-state index contributed by atoms with van der Waals surface area (Å²) in [7, 11) is 0. The molecule has 3 N–H and O–H groups in total. The molecule has 104 valence electrons. The van der Waals surface area contributed by atoms with Gasteiger partial charge in [-0.25, -0.2) is 4.39 Å². The average Bonchev–Trinajstić information content (AvgIpc) is 2.47. The van der Waals surface area contributed by atoms with E-state index in [1.807, 2.05) is 0 Å². The summed E-state index contributed by atoms with van der Waals surface area (Å²) < 4.78 is 13.2. The zero-order chi connectivity index (χ0) is 14.5. The molecule has 1 atom stereocenters. The summed E-state index contributed by atoms with van der Waals surface area (Å²) in [6, 6.07) is 9.14. The molecular weight excluding hydrogens is 257 g/mol. The Balaban J connectivity index is 2.10. The number of nitrogens with two attached hydrogens (primary N) is 1. The minimum Gasteiger partial charge on any atom is -0.346 e. The van der Waals surface area contributed by atoms with Crippen molar-refractivity contribution in [2.75, 3.05) is 0 Å². The van der Waals surface area contributed by atoms with Crippen LogP contribution in [0.3, 0.4) is 0 Å². The van der Waals surface area contributed by atoms with Crippen LogP contribution < -0.4 is 11.1 Å². The minimum atomic E-state index is -0.321. The predicted molar refractivity (Wildman–Crippen MR) is 74.4 cm³/mol. The highest BCUT2D eigenvalue weighted by molar-refractivity contribution is 5.94. The quantitative estimate of drug-likeness (QED) is 0.897. The first-order valence-electron chi connectivity index (χ1n) is 6.31. The third-order valence-electron chi connectivity index (χ3n) is 2.98. The molecule has 0 saturated heterocycles. The Morgan fingerprint density at radius 1 is 1.40 bits per heavy atom. The first-order chi connectivity index (χ1) is 9.60. The van der Waals surface area contributed by atoms with Crippen LogP contribution in [0.5, 0.6) is 0 Å². The van der Waals surface area contributed by atoms with E-state index in [1.165, 1.54) is 12.1 Å². The van der Waals surface area contributed by atoms with Gasteiger partial charge in [0.1, 0.15) is 5.82 Å². The number of carbonyl (C=O) groups excluding carboxylic acids is 1. The number of amides is 1. The van der Waals surface area contributed by atoms with Gasteiger partial charge in [0.2, 0.25) is 0 Å². The Bertz CT molecular complexity index is 616. The van der Waals surface area contributed by atoms with Crippen molar-refractivity contribution in [3.63, 3.8) is 0 Å². The van der Waals surface area contributed by atoms with E-state index in [4.69, 9.17) is 5.73 Å². The number of rotatable bonds is 4. The van der Waals surface area contributed by atoms with Crippen molar-refractivity contribution < 1.29 is 9.18 Å². The molecule has 1 aromatic heterocycles. The van der Waals surface area contributed by atoms with Crippen LogP contribution in [0.25, 0.3) is 0 Å². The van der Waals surface area contributed by atoms with Crippen LogP contribution >= 0.6 is 0 Å². The zero-order valence-corrected chi connectivity index (χ0v) is 11.1. The molecule has 2 aromatic rings. The van der Waals surface area contributed by atoms with Crippen molar-refractivity contribution in [2.24, 2.45) is 5.73 Å². The molecule has 1 aromatic carbocycles. The number of halogens is 1. The average molecular weight is 273 g/mol. The van der Waals surface area contributed by atoms with Crippen LogP contribution in [0.2, 0.25) is 0 Å². The lowest BCUT2D eigenvalue weighted by atomic mass is 10.1. The Hall–Kier alpha value is -2.27. The van der Waals surface area contributed by atoms with Gasteiger partial charge in [-0.15, -0.1) is 0 Å². The van der Waals surface area contributed by atoms with Crippen molar-refractivity contribution in [1.82, 2.24) is 10.3 Å². The van der Waals surface area contributed by atoms with Crippen LogP contribution in [0.4, 0.5) is 4.39 Å². The second-order valence-corrected chi connectivity index (χ2v) is 4.49. The second-order valence-electron chi connectivity index (χ2n) is 4.49. The predicted octanol–water partition coefficient (Wildman–Crippen LogP) is 2.17. The number of aromatic nitrogens is 1. The van der Waals surface area contributed by atoms with Gasteiger partial charge in [0, 0.05) is 18.3 Å². The van der Waals surface area contributed by atoms with Crippen LogP contribution in [0.1, 0.15) is 34.6 Å². The van der Waals surface area contributed by atoms with Gasteiger partial charge in [0.05, 0.1) is 11.7 Å². The van der Waals surface area contributed by atoms with Gasteiger partial charge >= 0.3 is 0 Å². The van der Waals surface area contributed by atoms with Crippen LogP contribution in [0.15, 0.2) is 42.6 Å². The van der Waals surface area contributed by atoms with Gasteiger partial charge in [-0.1, -0.05) is 12.1 Å². The molecule has 0 spiro atoms. The first-order valence-corrected chi connectivity index (χ1v) is 6.31. The fourth-order valence-corrected chi connectivity index (χ4v) is 1.87. The van der Waals surface area contributed by atoms with E-state index in [9.17, 15) is 9.18 Å². The highest BCUT2D eigenvalue weighted by atomic mass is 19.1. The van der Waals surface area contributed by atoms with E-state index in [0.717, 1.165) is 0 Å². The number of carbonyl (C=O) groups is 1. The van der Waals surface area contributed by atoms with Gasteiger partial charge in [0.25, 0.3) is 5.91 Å². The van der Waals surface area contributed by atoms with E-state index >= 15 is 0 Å². The normalized spacial score (nSPS) is 11.9. The fourth-order valence-electron chi connectivity index (χ4n) is 1.87. The summed E-state index contributed by atoms with van der Waals surface area (Å²) >= 11 is 0. The van der Waals surface area contributed by atoms with E-state index in [1.54, 1.807) is 37.4 Å². The Morgan fingerprint density at radius 2 is 2.20 bits per heavy atom. The molecule has 1 heterocycles. The van der Waals surface area contributed by atoms with Gasteiger partial charge in [-0.3, -0.25) is 9.78 Å². The third-order valence-corrected chi connectivity index (χ3v) is 2.98. The highest BCUT2D eigenvalue weighted by Gasteiger charge is 2.12. The minimum absolute atomic E-state index is 0.237. The summed E-state index contributed by atoms with van der Waals surface area (Å²) in [5.41, 5.74) is 7.34. The molecular formula is C15H16FN3O. The maximum absolute atomic E-state index is 13.2. The van der Waals surface area contributed by atoms with Crippen molar-refractivity contribution in [2.45, 2.75) is 19.5 Å². The van der Waals surface area contributed by atoms with Gasteiger partial charge in [0.15, 0.2) is 0 Å². The first kappa shape index (κ1) is 14.1. The summed E-state index contributed by atoms with van der Waals surface area (Å²) in [6.45, 7) is 2.08. The molecule has 0 aliphatic carbocycles. The molecule has 0 unspecified atom stereocenters. The molecule has 0 saturated carbocycles. The van der Waals surface area contributed by atoms with E-state index < -0.39 is 0 Å². The number of hydrogen-bond acceptors (Lipinski definition) is 3. The molecule has 0 aliphatic heterocycles. The third kappa shape index (κ3) is 3.39. The van der Waals surface area contributed by atoms with E-state index in [2.05, 4.69) is 10.3 Å². The lowest BCUT2D eigenvalue weighted by Gasteiger charge is -2.14. The van der Waals surface area contributed by atoms with Crippen molar-refractivity contribution >= 4 is 5.91 Å². The van der Waals surface area contributed by atoms with Crippen LogP contribution in [-0.4, -0.2) is 10.9 Å². The van der Waals surface area contributed by atoms with Gasteiger partial charge in [-0.2, -0.15) is 0 Å². The van der Waals surface area contributed by atoms with Crippen LogP contribution in [0, 0.1) is 5.82 Å². The Labute approximate surface area is 116 Å². The number of nitrogens with zero attached hydrogens (tertiary/aromatic N) is 1. The summed E-state index contributed by atoms with van der Waals surface area (Å²) in [5.74, 6) is -0.559. The van der Waals surface area contributed by atoms with Gasteiger partial charge in [-0.05, 0) is 36.8 Å². The standard InChI is InChI=1S/C15H16FN3O/c1-10(11-3-2-4-13(16)7-11)19-15(20)12-5-6-18-14(8-12)9-17/h2-8,10H,9,17H2,1H3,(H,19,20)/t10-/m1/s1. The molecule has 1 amide bonds. The second kappa shape index (κ2) is 6.25. The molecule has 0 fully saturated rings. The Morgan fingerprint density at radius 3 is 2.90 bits per heavy atom. The van der Waals surface area contributed by atoms with Crippen LogP contribution in [-0.2, 0) is 6.54 Å². The lowest BCUT2D eigenvalue weighted by Crippen LogP contribution is -2.27. The SMILES string of the molecule is C[C@@H](NC(=O)c1ccnc(CN)c1)c1cccc(F)c1. The van der Waals surface area contributed by atoms with E-state index in [-0.39, 0.29) is 24.3 Å². The van der Waals surface area contributed by atoms with Crippen molar-refractivity contribution in [1.29, 1.82) is 0 Å².